The second-order valence-corrected chi connectivity index (χ2v) is 3.61. The van der Waals surface area contributed by atoms with Gasteiger partial charge in [-0.25, -0.2) is 4.79 Å². The second kappa shape index (κ2) is 6.48. The lowest BCUT2D eigenvalue weighted by atomic mass is 10.3. The van der Waals surface area contributed by atoms with Crippen molar-refractivity contribution in [3.63, 3.8) is 0 Å². The van der Waals surface area contributed by atoms with Crippen LogP contribution in [0.25, 0.3) is 0 Å². The number of methoxy groups -OCH3 is 2. The third-order valence-corrected chi connectivity index (χ3v) is 2.22. The molecule has 0 fully saturated rings. The molecule has 1 N–H and O–H groups in total. The highest BCUT2D eigenvalue weighted by atomic mass is 16.5. The monoisotopic (exact) mass is 252 g/mol. The number of anilines is 1. The quantitative estimate of drug-likeness (QED) is 0.877. The number of nitrogens with zero attached hydrogens (tertiary/aromatic N) is 1. The predicted molar refractivity (Wildman–Crippen MR) is 66.7 cm³/mol. The van der Waals surface area contributed by atoms with E-state index in [0.717, 1.165) is 0 Å². The Morgan fingerprint density at radius 3 is 2.67 bits per heavy atom. The molecule has 0 spiro atoms. The maximum atomic E-state index is 11.6. The number of carbonyl (C=O) groups excluding carboxylic acids is 2. The molecule has 0 heterocycles. The van der Waals surface area contributed by atoms with Gasteiger partial charge in [-0.1, -0.05) is 6.07 Å². The van der Waals surface area contributed by atoms with Crippen molar-refractivity contribution in [2.75, 3.05) is 33.1 Å². The lowest BCUT2D eigenvalue weighted by Gasteiger charge is -2.15. The molecule has 0 aliphatic carbocycles. The molecule has 98 valence electrons. The first-order valence-corrected chi connectivity index (χ1v) is 5.29. The van der Waals surface area contributed by atoms with E-state index in [9.17, 15) is 9.59 Å². The van der Waals surface area contributed by atoms with Crippen LogP contribution >= 0.6 is 0 Å². The first kappa shape index (κ1) is 13.8. The highest BCUT2D eigenvalue weighted by Gasteiger charge is 2.12. The third kappa shape index (κ3) is 3.97. The fourth-order valence-corrected chi connectivity index (χ4v) is 1.34. The van der Waals surface area contributed by atoms with Gasteiger partial charge in [0.1, 0.15) is 12.3 Å². The Bertz CT molecular complexity index is 434. The summed E-state index contributed by atoms with van der Waals surface area (Å²) >= 11 is 0. The van der Waals surface area contributed by atoms with E-state index >= 15 is 0 Å². The van der Waals surface area contributed by atoms with Crippen LogP contribution in [0.15, 0.2) is 24.3 Å². The van der Waals surface area contributed by atoms with Gasteiger partial charge in [-0.05, 0) is 12.1 Å². The normalized spacial score (nSPS) is 9.50. The number of nitrogens with one attached hydrogen (secondary N) is 1. The summed E-state index contributed by atoms with van der Waals surface area (Å²) in [5, 5.41) is 2.66. The van der Waals surface area contributed by atoms with Gasteiger partial charge >= 0.3 is 6.09 Å². The molecule has 0 radical (unpaired) electrons. The molecule has 0 saturated heterocycles. The molecular formula is C12H16N2O4. The molecule has 0 aromatic heterocycles. The summed E-state index contributed by atoms with van der Waals surface area (Å²) in [4.78, 5) is 23.9. The lowest BCUT2D eigenvalue weighted by molar-refractivity contribution is -0.116. The molecule has 1 rings (SSSR count). The van der Waals surface area contributed by atoms with Gasteiger partial charge in [0.25, 0.3) is 0 Å². The van der Waals surface area contributed by atoms with Crippen LogP contribution in [0, 0.1) is 0 Å². The number of benzene rings is 1. The minimum atomic E-state index is -0.559. The van der Waals surface area contributed by atoms with E-state index in [1.54, 1.807) is 31.4 Å². The van der Waals surface area contributed by atoms with Crippen molar-refractivity contribution < 1.29 is 19.1 Å². The van der Waals surface area contributed by atoms with E-state index in [2.05, 4.69) is 10.1 Å². The molecule has 6 heteroatoms. The molecule has 6 nitrogen and oxygen atoms in total. The molecule has 0 saturated carbocycles. The van der Waals surface area contributed by atoms with Crippen molar-refractivity contribution >= 4 is 17.7 Å². The molecule has 0 aliphatic heterocycles. The van der Waals surface area contributed by atoms with Crippen molar-refractivity contribution in [2.45, 2.75) is 0 Å². The van der Waals surface area contributed by atoms with E-state index < -0.39 is 6.09 Å². The number of hydrogen-bond acceptors (Lipinski definition) is 4. The van der Waals surface area contributed by atoms with Gasteiger partial charge in [0.05, 0.1) is 14.2 Å². The second-order valence-electron chi connectivity index (χ2n) is 3.61. The summed E-state index contributed by atoms with van der Waals surface area (Å²) in [7, 11) is 4.29. The topological polar surface area (TPSA) is 67.9 Å². The summed E-state index contributed by atoms with van der Waals surface area (Å²) in [5.74, 6) is 0.338. The Labute approximate surface area is 105 Å². The van der Waals surface area contributed by atoms with Gasteiger partial charge in [0.2, 0.25) is 5.91 Å². The number of amides is 2. The van der Waals surface area contributed by atoms with Gasteiger partial charge in [-0.3, -0.25) is 4.79 Å². The van der Waals surface area contributed by atoms with E-state index in [4.69, 9.17) is 4.74 Å². The summed E-state index contributed by atoms with van der Waals surface area (Å²) in [6.45, 7) is -0.0795. The molecular weight excluding hydrogens is 236 g/mol. The Balaban J connectivity index is 2.56. The van der Waals surface area contributed by atoms with Crippen molar-refractivity contribution in [3.05, 3.63) is 24.3 Å². The lowest BCUT2D eigenvalue weighted by Crippen LogP contribution is -2.34. The summed E-state index contributed by atoms with van der Waals surface area (Å²) in [6.07, 6.45) is -0.559. The smallest absolute Gasteiger partial charge is 0.409 e. The first-order valence-electron chi connectivity index (χ1n) is 5.29. The Morgan fingerprint density at radius 1 is 1.33 bits per heavy atom. The van der Waals surface area contributed by atoms with E-state index in [1.165, 1.54) is 19.1 Å². The van der Waals surface area contributed by atoms with Crippen LogP contribution in [0.2, 0.25) is 0 Å². The highest BCUT2D eigenvalue weighted by Crippen LogP contribution is 2.16. The van der Waals surface area contributed by atoms with Gasteiger partial charge < -0.3 is 19.7 Å². The number of likely N-dealkylation sites (N-methyl/N-ethyl adjacent to an activating group) is 1. The van der Waals surface area contributed by atoms with Crippen LogP contribution < -0.4 is 10.1 Å². The molecule has 0 unspecified atom stereocenters. The van der Waals surface area contributed by atoms with Crippen LogP contribution in [0.5, 0.6) is 5.75 Å². The number of hydrogen-bond donors (Lipinski definition) is 1. The predicted octanol–water partition coefficient (Wildman–Crippen LogP) is 1.33. The summed E-state index contributed by atoms with van der Waals surface area (Å²) in [6, 6.07) is 6.96. The molecule has 1 aromatic rings. The van der Waals surface area contributed by atoms with Crippen LogP contribution in [-0.2, 0) is 9.53 Å². The Morgan fingerprint density at radius 2 is 2.06 bits per heavy atom. The maximum Gasteiger partial charge on any atom is 0.409 e. The van der Waals surface area contributed by atoms with Gasteiger partial charge in [-0.2, -0.15) is 0 Å². The average molecular weight is 252 g/mol. The zero-order chi connectivity index (χ0) is 13.5. The summed E-state index contributed by atoms with van der Waals surface area (Å²) < 4.78 is 9.52. The molecule has 1 aromatic carbocycles. The number of carbonyl (C=O) groups is 2. The Hall–Kier alpha value is -2.24. The fourth-order valence-electron chi connectivity index (χ4n) is 1.34. The first-order chi connectivity index (χ1) is 8.56. The van der Waals surface area contributed by atoms with Gasteiger partial charge in [-0.15, -0.1) is 0 Å². The molecule has 2 amide bonds. The van der Waals surface area contributed by atoms with Crippen LogP contribution in [0.3, 0.4) is 0 Å². The number of ether oxygens (including phenoxy) is 2. The van der Waals surface area contributed by atoms with Crippen molar-refractivity contribution in [1.82, 2.24) is 4.90 Å². The average Bonchev–Trinajstić information content (AvgIpc) is 2.37. The molecule has 0 atom stereocenters. The standard InChI is InChI=1S/C12H16N2O4/c1-14(12(16)18-3)8-11(15)13-9-5-4-6-10(7-9)17-2/h4-7H,8H2,1-3H3,(H,13,15). The minimum absolute atomic E-state index is 0.0795. The van der Waals surface area contributed by atoms with Crippen LogP contribution in [-0.4, -0.2) is 44.7 Å². The fraction of sp³-hybridized carbons (Fsp3) is 0.333. The van der Waals surface area contributed by atoms with Crippen molar-refractivity contribution in [2.24, 2.45) is 0 Å². The zero-order valence-corrected chi connectivity index (χ0v) is 10.6. The Kier molecular flexibility index (Phi) is 4.98. The zero-order valence-electron chi connectivity index (χ0n) is 10.6. The van der Waals surface area contributed by atoms with Crippen LogP contribution in [0.4, 0.5) is 10.5 Å². The van der Waals surface area contributed by atoms with E-state index in [-0.39, 0.29) is 12.5 Å². The molecule has 0 aliphatic rings. The maximum absolute atomic E-state index is 11.6. The van der Waals surface area contributed by atoms with Crippen molar-refractivity contribution in [3.8, 4) is 5.75 Å². The number of rotatable bonds is 4. The third-order valence-electron chi connectivity index (χ3n) is 2.22. The highest BCUT2D eigenvalue weighted by molar-refractivity contribution is 5.93. The van der Waals surface area contributed by atoms with Crippen LogP contribution in [0.1, 0.15) is 0 Å². The molecule has 18 heavy (non-hydrogen) atoms. The summed E-state index contributed by atoms with van der Waals surface area (Å²) in [5.41, 5.74) is 0.609. The SMILES string of the molecule is COC(=O)N(C)CC(=O)Nc1cccc(OC)c1. The molecule has 0 bridgehead atoms. The van der Waals surface area contributed by atoms with Gasteiger partial charge in [0, 0.05) is 18.8 Å². The van der Waals surface area contributed by atoms with Crippen molar-refractivity contribution in [1.29, 1.82) is 0 Å². The van der Waals surface area contributed by atoms with Gasteiger partial charge in [0.15, 0.2) is 0 Å². The minimum Gasteiger partial charge on any atom is -0.497 e. The largest absolute Gasteiger partial charge is 0.497 e. The van der Waals surface area contributed by atoms with E-state index in [0.29, 0.717) is 11.4 Å². The van der Waals surface area contributed by atoms with E-state index in [1.807, 2.05) is 0 Å².